The molecule has 16 heteroatoms. The highest BCUT2D eigenvalue weighted by atomic mass is 32.1. The summed E-state index contributed by atoms with van der Waals surface area (Å²) >= 11 is 1.62. The summed E-state index contributed by atoms with van der Waals surface area (Å²) in [5, 5.41) is 22.5. The number of piperidine rings is 2. The molecule has 6 heterocycles. The Bertz CT molecular complexity index is 2820. The Hall–Kier alpha value is -6.57. The van der Waals surface area contributed by atoms with E-state index in [0.717, 1.165) is 97.9 Å². The highest BCUT2D eigenvalue weighted by Gasteiger charge is 2.45. The van der Waals surface area contributed by atoms with Crippen LogP contribution in [0.2, 0.25) is 0 Å². The van der Waals surface area contributed by atoms with Gasteiger partial charge in [-0.2, -0.15) is 5.10 Å². The molecule has 4 unspecified atom stereocenters. The van der Waals surface area contributed by atoms with Gasteiger partial charge in [0.2, 0.25) is 11.8 Å². The van der Waals surface area contributed by atoms with Crippen molar-refractivity contribution in [1.82, 2.24) is 35.0 Å². The van der Waals surface area contributed by atoms with Gasteiger partial charge in [-0.15, -0.1) is 11.3 Å². The molecule has 4 aliphatic rings. The average Bonchev–Trinajstić information content (AvgIpc) is 4.21. The molecule has 3 aliphatic heterocycles. The fourth-order valence-electron chi connectivity index (χ4n) is 11.4. The Kier molecular flexibility index (Phi) is 15.1. The van der Waals surface area contributed by atoms with Crippen LogP contribution < -0.4 is 27.4 Å². The highest BCUT2D eigenvalue weighted by Crippen LogP contribution is 2.52. The number of para-hydroxylation sites is 1. The maximum atomic E-state index is 14.3. The molecule has 9 rings (SSSR count). The standard InChI is InChI=1S/C56H71N11O4S/c1-35(2)51(55(70)66-22-8-10-47(66)54(69)62-37(4)41-14-16-42(17-15-41)52-38(5)60-34-72-52)49-28-50(63-71-49)65-23-18-39(19-24-65)32-64-25-20-56(21-26-64)29-40(30-56)13-12-36(3)67-33-43(31-61-67)45(53(58)59)27-46(57)44-9-6-7-11-48(44)68/h6-7,9,11,14-17,27-28,31,33-37,39-40,47,51,68H,8,10,18-26,29-30,32,57-59H2,1-5H3,(H,62,69)/b46-27-. The smallest absolute Gasteiger partial charge is 0.243 e. The van der Waals surface area contributed by atoms with Crippen LogP contribution in [0.25, 0.3) is 21.7 Å². The number of benzene rings is 2. The van der Waals surface area contributed by atoms with Gasteiger partial charge in [0.1, 0.15) is 29.6 Å². The summed E-state index contributed by atoms with van der Waals surface area (Å²) in [4.78, 5) is 40.4. The molecule has 3 aromatic heterocycles. The fourth-order valence-corrected chi connectivity index (χ4v) is 12.2. The number of nitrogens with one attached hydrogen (secondary N) is 1. The molecule has 2 amide bonds. The Labute approximate surface area is 427 Å². The van der Waals surface area contributed by atoms with E-state index in [1.807, 2.05) is 57.1 Å². The van der Waals surface area contributed by atoms with Crippen molar-refractivity contribution in [2.45, 2.75) is 110 Å². The van der Waals surface area contributed by atoms with E-state index in [-0.39, 0.29) is 41.4 Å². The van der Waals surface area contributed by atoms with Gasteiger partial charge in [0.25, 0.3) is 0 Å². The monoisotopic (exact) mass is 994 g/mol. The normalized spacial score (nSPS) is 19.9. The van der Waals surface area contributed by atoms with Crippen LogP contribution >= 0.6 is 11.3 Å². The van der Waals surface area contributed by atoms with Gasteiger partial charge in [-0.3, -0.25) is 14.3 Å². The number of nitrogens with two attached hydrogens (primary N) is 3. The average molecular weight is 994 g/mol. The minimum Gasteiger partial charge on any atom is -0.507 e. The van der Waals surface area contributed by atoms with E-state index in [1.165, 1.54) is 12.8 Å². The molecule has 5 aromatic rings. The summed E-state index contributed by atoms with van der Waals surface area (Å²) in [6, 6.07) is 16.2. The van der Waals surface area contributed by atoms with Crippen molar-refractivity contribution in [1.29, 1.82) is 0 Å². The van der Waals surface area contributed by atoms with Crippen LogP contribution in [0, 0.1) is 41.9 Å². The summed E-state index contributed by atoms with van der Waals surface area (Å²) in [6.07, 6.45) is 13.6. The molecule has 2 aromatic carbocycles. The molecule has 72 heavy (non-hydrogen) atoms. The lowest BCUT2D eigenvalue weighted by molar-refractivity contribution is -0.141. The number of carbonyl (C=O) groups is 2. The number of aromatic nitrogens is 4. The molecule has 380 valence electrons. The number of hydrogen-bond acceptors (Lipinski definition) is 13. The van der Waals surface area contributed by atoms with Crippen molar-refractivity contribution < 1.29 is 19.2 Å². The molecule has 0 radical (unpaired) electrons. The Morgan fingerprint density at radius 1 is 0.986 bits per heavy atom. The van der Waals surface area contributed by atoms with Gasteiger partial charge in [0, 0.05) is 66.8 Å². The van der Waals surface area contributed by atoms with E-state index >= 15 is 0 Å². The third kappa shape index (κ3) is 11.1. The zero-order chi connectivity index (χ0) is 50.7. The van der Waals surface area contributed by atoms with Gasteiger partial charge in [0.15, 0.2) is 11.6 Å². The molecule has 4 atom stereocenters. The molecule has 1 aliphatic carbocycles. The first-order chi connectivity index (χ1) is 34.6. The number of thiazole rings is 1. The molecule has 0 bridgehead atoms. The van der Waals surface area contributed by atoms with E-state index in [0.29, 0.717) is 52.8 Å². The Balaban J connectivity index is 0.711. The number of carbonyl (C=O) groups excluding carboxylic acids is 2. The number of phenolic OH excluding ortho intramolecular Hbond substituents is 1. The maximum Gasteiger partial charge on any atom is 0.243 e. The van der Waals surface area contributed by atoms with Crippen molar-refractivity contribution in [3.05, 3.63) is 113 Å². The van der Waals surface area contributed by atoms with Gasteiger partial charge in [0.05, 0.1) is 28.3 Å². The van der Waals surface area contributed by atoms with Crippen molar-refractivity contribution in [2.24, 2.45) is 40.4 Å². The van der Waals surface area contributed by atoms with Gasteiger partial charge in [-0.1, -0.05) is 67.2 Å². The van der Waals surface area contributed by atoms with Crippen molar-refractivity contribution in [3.63, 3.8) is 0 Å². The van der Waals surface area contributed by atoms with Crippen LogP contribution in [-0.2, 0) is 9.59 Å². The number of amides is 2. The van der Waals surface area contributed by atoms with Gasteiger partial charge in [-0.05, 0) is 132 Å². The first-order valence-electron chi connectivity index (χ1n) is 25.8. The van der Waals surface area contributed by atoms with Crippen LogP contribution in [0.15, 0.2) is 88.9 Å². The molecular formula is C56H71N11O4S. The van der Waals surface area contributed by atoms with E-state index < -0.39 is 12.0 Å². The van der Waals surface area contributed by atoms with Crippen LogP contribution in [0.3, 0.4) is 0 Å². The summed E-state index contributed by atoms with van der Waals surface area (Å²) in [5.74, 6) is 8.81. The summed E-state index contributed by atoms with van der Waals surface area (Å²) in [5.41, 5.74) is 26.0. The minimum absolute atomic E-state index is 0.0373. The molecule has 4 fully saturated rings. The molecule has 8 N–H and O–H groups in total. The highest BCUT2D eigenvalue weighted by molar-refractivity contribution is 7.13. The van der Waals surface area contributed by atoms with E-state index in [4.69, 9.17) is 21.7 Å². The summed E-state index contributed by atoms with van der Waals surface area (Å²) in [6.45, 7) is 15.8. The number of aromatic hydroxyl groups is 1. The number of hydrogen-bond donors (Lipinski definition) is 5. The lowest BCUT2D eigenvalue weighted by atomic mass is 9.58. The van der Waals surface area contributed by atoms with Crippen LogP contribution in [0.4, 0.5) is 5.82 Å². The molecule has 15 nitrogen and oxygen atoms in total. The van der Waals surface area contributed by atoms with E-state index in [2.05, 4.69) is 66.5 Å². The topological polar surface area (TPSA) is 211 Å². The molecular weight excluding hydrogens is 923 g/mol. The second kappa shape index (κ2) is 21.6. The van der Waals surface area contributed by atoms with Crippen molar-refractivity contribution in [2.75, 3.05) is 44.2 Å². The second-order valence-electron chi connectivity index (χ2n) is 21.1. The van der Waals surface area contributed by atoms with Gasteiger partial charge < -0.3 is 46.8 Å². The van der Waals surface area contributed by atoms with E-state index in [9.17, 15) is 14.7 Å². The summed E-state index contributed by atoms with van der Waals surface area (Å²) < 4.78 is 7.80. The van der Waals surface area contributed by atoms with Crippen LogP contribution in [0.5, 0.6) is 5.75 Å². The SMILES string of the molecule is Cc1ncsc1-c1ccc(C(C)NC(=O)C2CCCN2C(=O)C(c2cc(N3CCC(CN4CCC5(CC4)CC(C#CC(C)n4cc(C(/C=C(\N)c6ccccc6O)=C(N)N)cn4)C5)CC3)no2)C(C)C)cc1. The van der Waals surface area contributed by atoms with Crippen LogP contribution in [0.1, 0.15) is 125 Å². The lowest BCUT2D eigenvalue weighted by Gasteiger charge is -2.51. The largest absolute Gasteiger partial charge is 0.507 e. The predicted molar refractivity (Wildman–Crippen MR) is 284 cm³/mol. The van der Waals surface area contributed by atoms with Gasteiger partial charge >= 0.3 is 0 Å². The van der Waals surface area contributed by atoms with E-state index in [1.54, 1.807) is 52.8 Å². The number of phenols is 1. The first-order valence-corrected chi connectivity index (χ1v) is 26.6. The lowest BCUT2D eigenvalue weighted by Crippen LogP contribution is -2.48. The molecule has 1 saturated carbocycles. The zero-order valence-corrected chi connectivity index (χ0v) is 43.2. The van der Waals surface area contributed by atoms with Crippen molar-refractivity contribution in [3.8, 4) is 28.0 Å². The quantitative estimate of drug-likeness (QED) is 0.0527. The third-order valence-electron chi connectivity index (χ3n) is 15.7. The fraction of sp³-hybridized carbons (Fsp3) is 0.482. The van der Waals surface area contributed by atoms with Crippen molar-refractivity contribution >= 4 is 40.2 Å². The number of aryl methyl sites for hydroxylation is 1. The first kappa shape index (κ1) is 50.4. The predicted octanol–water partition coefficient (Wildman–Crippen LogP) is 8.18. The third-order valence-corrected chi connectivity index (χ3v) is 16.7. The second-order valence-corrected chi connectivity index (χ2v) is 22.0. The molecule has 1 spiro atoms. The molecule has 3 saturated heterocycles. The summed E-state index contributed by atoms with van der Waals surface area (Å²) in [7, 11) is 0. The number of likely N-dealkylation sites (tertiary alicyclic amines) is 2. The Morgan fingerprint density at radius 3 is 2.40 bits per heavy atom. The number of nitrogens with zero attached hydrogens (tertiary/aromatic N) is 7. The Morgan fingerprint density at radius 2 is 1.72 bits per heavy atom. The van der Waals surface area contributed by atoms with Crippen LogP contribution in [-0.4, -0.2) is 92.0 Å². The number of allylic oxidation sites excluding steroid dienone is 2. The number of rotatable bonds is 14. The van der Waals surface area contributed by atoms with Gasteiger partial charge in [-0.25, -0.2) is 4.98 Å². The zero-order valence-electron chi connectivity index (χ0n) is 42.4. The maximum absolute atomic E-state index is 14.3. The minimum atomic E-state index is -0.529. The number of anilines is 1.